The van der Waals surface area contributed by atoms with Gasteiger partial charge in [-0.25, -0.2) is 0 Å². The summed E-state index contributed by atoms with van der Waals surface area (Å²) in [6, 6.07) is 6.06. The molecule has 0 amide bonds. The Balaban J connectivity index is 1.98. The van der Waals surface area contributed by atoms with E-state index in [0.29, 0.717) is 13.2 Å². The van der Waals surface area contributed by atoms with Crippen molar-refractivity contribution in [3.8, 4) is 5.75 Å². The van der Waals surface area contributed by atoms with Gasteiger partial charge in [0.1, 0.15) is 18.5 Å². The zero-order valence-corrected chi connectivity index (χ0v) is 15.6. The van der Waals surface area contributed by atoms with Crippen LogP contribution in [0.5, 0.6) is 5.75 Å². The molecule has 23 heavy (non-hydrogen) atoms. The Morgan fingerprint density at radius 3 is 2.35 bits per heavy atom. The summed E-state index contributed by atoms with van der Waals surface area (Å²) in [6.07, 6.45) is 3.14. The SMILES string of the molecule is Cc1cccc(OCC(O)CN2C(C)(C)CCCC2(C)C)c1C. The van der Waals surface area contributed by atoms with Crippen LogP contribution >= 0.6 is 0 Å². The normalized spacial score (nSPS) is 21.9. The summed E-state index contributed by atoms with van der Waals surface area (Å²) in [4.78, 5) is 2.46. The summed E-state index contributed by atoms with van der Waals surface area (Å²) in [5, 5.41) is 10.5. The minimum Gasteiger partial charge on any atom is -0.491 e. The van der Waals surface area contributed by atoms with E-state index >= 15 is 0 Å². The third-order valence-electron chi connectivity index (χ3n) is 5.42. The van der Waals surface area contributed by atoms with Crippen LogP contribution in [0.1, 0.15) is 58.1 Å². The van der Waals surface area contributed by atoms with E-state index in [4.69, 9.17) is 4.74 Å². The number of aliphatic hydroxyl groups is 1. The van der Waals surface area contributed by atoms with Gasteiger partial charge >= 0.3 is 0 Å². The van der Waals surface area contributed by atoms with Gasteiger partial charge in [-0.3, -0.25) is 4.90 Å². The smallest absolute Gasteiger partial charge is 0.122 e. The van der Waals surface area contributed by atoms with Gasteiger partial charge in [-0.2, -0.15) is 0 Å². The van der Waals surface area contributed by atoms with Gasteiger partial charge in [-0.1, -0.05) is 12.1 Å². The van der Waals surface area contributed by atoms with E-state index in [1.54, 1.807) is 0 Å². The fourth-order valence-corrected chi connectivity index (χ4v) is 3.87. The molecular weight excluding hydrogens is 286 g/mol. The van der Waals surface area contributed by atoms with Gasteiger partial charge in [-0.15, -0.1) is 0 Å². The summed E-state index contributed by atoms with van der Waals surface area (Å²) in [5.41, 5.74) is 2.62. The fourth-order valence-electron chi connectivity index (χ4n) is 3.87. The van der Waals surface area contributed by atoms with Crippen molar-refractivity contribution in [3.63, 3.8) is 0 Å². The lowest BCUT2D eigenvalue weighted by Gasteiger charge is -2.53. The van der Waals surface area contributed by atoms with Crippen LogP contribution in [0.3, 0.4) is 0 Å². The van der Waals surface area contributed by atoms with Gasteiger partial charge in [0.15, 0.2) is 0 Å². The summed E-state index contributed by atoms with van der Waals surface area (Å²) >= 11 is 0. The van der Waals surface area contributed by atoms with Crippen LogP contribution in [0.25, 0.3) is 0 Å². The number of β-amino-alcohol motifs (C(OH)–C–C–N with tert-alkyl or cyclic N) is 1. The van der Waals surface area contributed by atoms with Crippen molar-refractivity contribution in [1.29, 1.82) is 0 Å². The molecule has 0 saturated carbocycles. The van der Waals surface area contributed by atoms with Crippen LogP contribution in [-0.4, -0.2) is 40.3 Å². The molecule has 1 heterocycles. The number of piperidine rings is 1. The Hall–Kier alpha value is -1.06. The van der Waals surface area contributed by atoms with Gasteiger partial charge in [-0.05, 0) is 78.0 Å². The highest BCUT2D eigenvalue weighted by molar-refractivity contribution is 5.38. The topological polar surface area (TPSA) is 32.7 Å². The van der Waals surface area contributed by atoms with E-state index in [1.165, 1.54) is 24.8 Å². The van der Waals surface area contributed by atoms with Crippen LogP contribution in [-0.2, 0) is 0 Å². The molecule has 130 valence electrons. The summed E-state index contributed by atoms with van der Waals surface area (Å²) in [5.74, 6) is 0.876. The Morgan fingerprint density at radius 2 is 1.74 bits per heavy atom. The predicted molar refractivity (Wildman–Crippen MR) is 96.1 cm³/mol. The number of aliphatic hydroxyl groups excluding tert-OH is 1. The van der Waals surface area contributed by atoms with E-state index in [2.05, 4.69) is 52.5 Å². The van der Waals surface area contributed by atoms with E-state index in [1.807, 2.05) is 12.1 Å². The minimum atomic E-state index is -0.480. The molecule has 0 spiro atoms. The zero-order valence-electron chi connectivity index (χ0n) is 15.6. The van der Waals surface area contributed by atoms with Crippen molar-refractivity contribution >= 4 is 0 Å². The first-order valence-electron chi connectivity index (χ1n) is 8.78. The molecule has 1 aromatic carbocycles. The van der Waals surface area contributed by atoms with Crippen LogP contribution < -0.4 is 4.74 Å². The Morgan fingerprint density at radius 1 is 1.13 bits per heavy atom. The molecule has 3 nitrogen and oxygen atoms in total. The third-order valence-corrected chi connectivity index (χ3v) is 5.42. The van der Waals surface area contributed by atoms with Gasteiger partial charge in [0.2, 0.25) is 0 Å². The molecular formula is C20H33NO2. The molecule has 0 bridgehead atoms. The Kier molecular flexibility index (Phi) is 5.42. The lowest BCUT2D eigenvalue weighted by molar-refractivity contribution is -0.0607. The molecule has 2 rings (SSSR count). The van der Waals surface area contributed by atoms with E-state index in [9.17, 15) is 5.11 Å². The molecule has 1 fully saturated rings. The second kappa shape index (κ2) is 6.82. The van der Waals surface area contributed by atoms with Crippen molar-refractivity contribution < 1.29 is 9.84 Å². The fraction of sp³-hybridized carbons (Fsp3) is 0.700. The first kappa shape index (κ1) is 18.3. The molecule has 3 heteroatoms. The highest BCUT2D eigenvalue weighted by Crippen LogP contribution is 2.38. The maximum atomic E-state index is 10.5. The second-order valence-corrected chi connectivity index (χ2v) is 8.25. The van der Waals surface area contributed by atoms with Crippen molar-refractivity contribution in [2.45, 2.75) is 78.0 Å². The summed E-state index contributed by atoms with van der Waals surface area (Å²) in [7, 11) is 0. The quantitative estimate of drug-likeness (QED) is 0.887. The van der Waals surface area contributed by atoms with Crippen LogP contribution in [0.4, 0.5) is 0 Å². The number of nitrogens with zero attached hydrogens (tertiary/aromatic N) is 1. The lowest BCUT2D eigenvalue weighted by Crippen LogP contribution is -2.60. The standard InChI is InChI=1S/C20H33NO2/c1-15-9-7-10-18(16(15)2)23-14-17(22)13-21-19(3,4)11-8-12-20(21,5)6/h7,9-10,17,22H,8,11-14H2,1-6H3. The highest BCUT2D eigenvalue weighted by atomic mass is 16.5. The maximum absolute atomic E-state index is 10.5. The maximum Gasteiger partial charge on any atom is 0.122 e. The molecule has 0 radical (unpaired) electrons. The number of likely N-dealkylation sites (tertiary alicyclic amines) is 1. The van der Waals surface area contributed by atoms with Gasteiger partial charge in [0.05, 0.1) is 0 Å². The van der Waals surface area contributed by atoms with Crippen LogP contribution in [0.15, 0.2) is 18.2 Å². The predicted octanol–water partition coefficient (Wildman–Crippen LogP) is 4.09. The number of benzene rings is 1. The monoisotopic (exact) mass is 319 g/mol. The van der Waals surface area contributed by atoms with Crippen molar-refractivity contribution in [2.75, 3.05) is 13.2 Å². The molecule has 1 saturated heterocycles. The number of hydrogen-bond acceptors (Lipinski definition) is 3. The molecule has 0 aliphatic carbocycles. The molecule has 1 unspecified atom stereocenters. The first-order chi connectivity index (χ1) is 10.6. The van der Waals surface area contributed by atoms with Crippen LogP contribution in [0.2, 0.25) is 0 Å². The Bertz CT molecular complexity index is 520. The molecule has 1 aromatic rings. The second-order valence-electron chi connectivity index (χ2n) is 8.25. The van der Waals surface area contributed by atoms with E-state index < -0.39 is 6.10 Å². The van der Waals surface area contributed by atoms with Crippen molar-refractivity contribution in [3.05, 3.63) is 29.3 Å². The third kappa shape index (κ3) is 4.27. The minimum absolute atomic E-state index is 0.127. The molecule has 1 atom stereocenters. The van der Waals surface area contributed by atoms with Gasteiger partial charge in [0.25, 0.3) is 0 Å². The number of hydrogen-bond donors (Lipinski definition) is 1. The zero-order chi connectivity index (χ0) is 17.3. The average Bonchev–Trinajstić information content (AvgIpc) is 2.44. The number of rotatable bonds is 5. The van der Waals surface area contributed by atoms with E-state index in [0.717, 1.165) is 11.3 Å². The number of ether oxygens (including phenoxy) is 1. The molecule has 0 aromatic heterocycles. The highest BCUT2D eigenvalue weighted by Gasteiger charge is 2.41. The number of aryl methyl sites for hydroxylation is 1. The molecule has 1 aliphatic rings. The van der Waals surface area contributed by atoms with Gasteiger partial charge in [0, 0.05) is 17.6 Å². The van der Waals surface area contributed by atoms with Crippen LogP contribution in [0, 0.1) is 13.8 Å². The molecule has 1 aliphatic heterocycles. The van der Waals surface area contributed by atoms with Crippen molar-refractivity contribution in [1.82, 2.24) is 4.90 Å². The Labute approximate surface area is 141 Å². The first-order valence-corrected chi connectivity index (χ1v) is 8.78. The van der Waals surface area contributed by atoms with Crippen molar-refractivity contribution in [2.24, 2.45) is 0 Å². The average molecular weight is 319 g/mol. The summed E-state index contributed by atoms with van der Waals surface area (Å²) in [6.45, 7) is 14.3. The summed E-state index contributed by atoms with van der Waals surface area (Å²) < 4.78 is 5.88. The largest absolute Gasteiger partial charge is 0.491 e. The van der Waals surface area contributed by atoms with Gasteiger partial charge < -0.3 is 9.84 Å². The molecule has 1 N–H and O–H groups in total. The lowest BCUT2D eigenvalue weighted by atomic mass is 9.79. The van der Waals surface area contributed by atoms with E-state index in [-0.39, 0.29) is 11.1 Å².